The monoisotopic (exact) mass is 314 g/mol. The smallest absolute Gasteiger partial charge is 0.416 e. The fourth-order valence-electron chi connectivity index (χ4n) is 2.07. The molecule has 0 radical (unpaired) electrons. The van der Waals surface area contributed by atoms with Gasteiger partial charge in [0.25, 0.3) is 0 Å². The Kier molecular flexibility index (Phi) is 4.75. The minimum absolute atomic E-state index is 0.0715. The molecule has 0 amide bonds. The third-order valence-electron chi connectivity index (χ3n) is 3.09. The number of aromatic nitrogens is 2. The van der Waals surface area contributed by atoms with E-state index >= 15 is 0 Å². The van der Waals surface area contributed by atoms with E-state index in [1.54, 1.807) is 4.68 Å². The highest BCUT2D eigenvalue weighted by atomic mass is 19.4. The molecule has 1 aromatic carbocycles. The SMILES string of the molecule is Cc1cc(C)n(C[C@@H](O)COc2cccc(C(F)(F)F)c2)n1. The number of aliphatic hydroxyl groups excluding tert-OH is 1. The van der Waals surface area contributed by atoms with Crippen molar-refractivity contribution in [2.45, 2.75) is 32.7 Å². The van der Waals surface area contributed by atoms with Gasteiger partial charge in [-0.1, -0.05) is 6.07 Å². The highest BCUT2D eigenvalue weighted by molar-refractivity contribution is 5.30. The van der Waals surface area contributed by atoms with Crippen LogP contribution in [0.15, 0.2) is 30.3 Å². The Labute approximate surface area is 126 Å². The molecule has 0 spiro atoms. The number of halogens is 3. The second-order valence-corrected chi connectivity index (χ2v) is 5.10. The van der Waals surface area contributed by atoms with Gasteiger partial charge < -0.3 is 9.84 Å². The van der Waals surface area contributed by atoms with Gasteiger partial charge in [-0.05, 0) is 38.1 Å². The van der Waals surface area contributed by atoms with Crippen molar-refractivity contribution in [2.24, 2.45) is 0 Å². The van der Waals surface area contributed by atoms with Gasteiger partial charge in [-0.3, -0.25) is 4.68 Å². The van der Waals surface area contributed by atoms with Crippen LogP contribution < -0.4 is 4.74 Å². The Morgan fingerprint density at radius 3 is 2.59 bits per heavy atom. The largest absolute Gasteiger partial charge is 0.491 e. The van der Waals surface area contributed by atoms with Crippen LogP contribution in [-0.2, 0) is 12.7 Å². The van der Waals surface area contributed by atoms with Gasteiger partial charge in [-0.2, -0.15) is 18.3 Å². The predicted octanol–water partition coefficient (Wildman–Crippen LogP) is 2.96. The number of hydrogen-bond acceptors (Lipinski definition) is 3. The molecule has 0 aliphatic carbocycles. The summed E-state index contributed by atoms with van der Waals surface area (Å²) < 4.78 is 44.6. The predicted molar refractivity (Wildman–Crippen MR) is 74.6 cm³/mol. The molecule has 0 fully saturated rings. The van der Waals surface area contributed by atoms with Crippen LogP contribution in [0.4, 0.5) is 13.2 Å². The third kappa shape index (κ3) is 4.24. The molecule has 1 aromatic heterocycles. The summed E-state index contributed by atoms with van der Waals surface area (Å²) in [5, 5.41) is 14.1. The quantitative estimate of drug-likeness (QED) is 0.923. The van der Waals surface area contributed by atoms with Crippen molar-refractivity contribution in [1.82, 2.24) is 9.78 Å². The van der Waals surface area contributed by atoms with Crippen LogP contribution in [0.25, 0.3) is 0 Å². The Morgan fingerprint density at radius 2 is 2.00 bits per heavy atom. The molecule has 1 heterocycles. The molecule has 22 heavy (non-hydrogen) atoms. The highest BCUT2D eigenvalue weighted by Crippen LogP contribution is 2.31. The van der Waals surface area contributed by atoms with Crippen LogP contribution in [-0.4, -0.2) is 27.6 Å². The minimum atomic E-state index is -4.41. The Morgan fingerprint density at radius 1 is 1.27 bits per heavy atom. The van der Waals surface area contributed by atoms with Crippen LogP contribution in [0.1, 0.15) is 17.0 Å². The zero-order valence-corrected chi connectivity index (χ0v) is 12.3. The lowest BCUT2D eigenvalue weighted by molar-refractivity contribution is -0.137. The normalized spacial score (nSPS) is 13.2. The second kappa shape index (κ2) is 6.39. The fraction of sp³-hybridized carbons (Fsp3) is 0.400. The first-order valence-electron chi connectivity index (χ1n) is 6.75. The average Bonchev–Trinajstić information content (AvgIpc) is 2.74. The lowest BCUT2D eigenvalue weighted by Gasteiger charge is -2.14. The number of aliphatic hydroxyl groups is 1. The van der Waals surface area contributed by atoms with E-state index < -0.39 is 17.8 Å². The van der Waals surface area contributed by atoms with Gasteiger partial charge in [-0.25, -0.2) is 0 Å². The first-order chi connectivity index (χ1) is 10.3. The number of nitrogens with zero attached hydrogens (tertiary/aromatic N) is 2. The van der Waals surface area contributed by atoms with Gasteiger partial charge in [0.1, 0.15) is 18.5 Å². The van der Waals surface area contributed by atoms with Crippen LogP contribution in [0.2, 0.25) is 0 Å². The number of alkyl halides is 3. The standard InChI is InChI=1S/C15H17F3N2O2/c1-10-6-11(2)20(19-10)8-13(21)9-22-14-5-3-4-12(7-14)15(16,17)18/h3-7,13,21H,8-9H2,1-2H3/t13-/m1/s1. The minimum Gasteiger partial charge on any atom is -0.491 e. The van der Waals surface area contributed by atoms with Crippen LogP contribution in [0.5, 0.6) is 5.75 Å². The van der Waals surface area contributed by atoms with Crippen molar-refractivity contribution in [2.75, 3.05) is 6.61 Å². The number of aryl methyl sites for hydroxylation is 2. The highest BCUT2D eigenvalue weighted by Gasteiger charge is 2.30. The summed E-state index contributed by atoms with van der Waals surface area (Å²) >= 11 is 0. The summed E-state index contributed by atoms with van der Waals surface area (Å²) in [4.78, 5) is 0. The molecular weight excluding hydrogens is 297 g/mol. The molecule has 2 rings (SSSR count). The molecule has 1 N–H and O–H groups in total. The number of ether oxygens (including phenoxy) is 1. The maximum absolute atomic E-state index is 12.6. The van der Waals surface area contributed by atoms with E-state index in [9.17, 15) is 18.3 Å². The summed E-state index contributed by atoms with van der Waals surface area (Å²) in [5.41, 5.74) is 0.956. The van der Waals surface area contributed by atoms with Gasteiger partial charge >= 0.3 is 6.18 Å². The van der Waals surface area contributed by atoms with Gasteiger partial charge in [0.2, 0.25) is 0 Å². The molecule has 0 aliphatic rings. The van der Waals surface area contributed by atoms with Crippen molar-refractivity contribution in [3.8, 4) is 5.75 Å². The van der Waals surface area contributed by atoms with Crippen molar-refractivity contribution in [3.63, 3.8) is 0 Å². The Hall–Kier alpha value is -2.02. The van der Waals surface area contributed by atoms with E-state index in [1.165, 1.54) is 12.1 Å². The molecule has 2 aromatic rings. The van der Waals surface area contributed by atoms with Crippen LogP contribution in [0, 0.1) is 13.8 Å². The van der Waals surface area contributed by atoms with Crippen LogP contribution in [0.3, 0.4) is 0 Å². The maximum atomic E-state index is 12.6. The summed E-state index contributed by atoms with van der Waals surface area (Å²) in [6.07, 6.45) is -5.28. The van der Waals surface area contributed by atoms with Crippen molar-refractivity contribution >= 4 is 0 Å². The molecule has 0 saturated heterocycles. The third-order valence-corrected chi connectivity index (χ3v) is 3.09. The molecule has 120 valence electrons. The van der Waals surface area contributed by atoms with Gasteiger partial charge in [0.15, 0.2) is 0 Å². The lowest BCUT2D eigenvalue weighted by Crippen LogP contribution is -2.24. The van der Waals surface area contributed by atoms with Gasteiger partial charge in [-0.15, -0.1) is 0 Å². The molecular formula is C15H17F3N2O2. The molecule has 0 saturated carbocycles. The van der Waals surface area contributed by atoms with E-state index in [0.29, 0.717) is 0 Å². The summed E-state index contributed by atoms with van der Waals surface area (Å²) in [6.45, 7) is 3.81. The van der Waals surface area contributed by atoms with E-state index in [2.05, 4.69) is 5.10 Å². The summed E-state index contributed by atoms with van der Waals surface area (Å²) in [6, 6.07) is 6.45. The molecule has 0 unspecified atom stereocenters. The first-order valence-corrected chi connectivity index (χ1v) is 6.75. The molecule has 0 bridgehead atoms. The van der Waals surface area contributed by atoms with E-state index in [-0.39, 0.29) is 18.9 Å². The van der Waals surface area contributed by atoms with Crippen molar-refractivity contribution in [3.05, 3.63) is 47.3 Å². The van der Waals surface area contributed by atoms with E-state index in [1.807, 2.05) is 19.9 Å². The van der Waals surface area contributed by atoms with Gasteiger partial charge in [0.05, 0.1) is 17.8 Å². The Bertz CT molecular complexity index is 638. The van der Waals surface area contributed by atoms with Gasteiger partial charge in [0, 0.05) is 5.69 Å². The summed E-state index contributed by atoms with van der Waals surface area (Å²) in [5.74, 6) is 0.0715. The molecule has 4 nitrogen and oxygen atoms in total. The van der Waals surface area contributed by atoms with E-state index in [0.717, 1.165) is 23.5 Å². The molecule has 0 aliphatic heterocycles. The van der Waals surface area contributed by atoms with Crippen molar-refractivity contribution < 1.29 is 23.0 Å². The fourth-order valence-corrected chi connectivity index (χ4v) is 2.07. The van der Waals surface area contributed by atoms with E-state index in [4.69, 9.17) is 4.74 Å². The lowest BCUT2D eigenvalue weighted by atomic mass is 10.2. The number of rotatable bonds is 5. The second-order valence-electron chi connectivity index (χ2n) is 5.10. The number of hydrogen-bond donors (Lipinski definition) is 1. The molecule has 7 heteroatoms. The topological polar surface area (TPSA) is 47.3 Å². The zero-order chi connectivity index (χ0) is 16.3. The maximum Gasteiger partial charge on any atom is 0.416 e. The first kappa shape index (κ1) is 16.4. The van der Waals surface area contributed by atoms with Crippen LogP contribution >= 0.6 is 0 Å². The average molecular weight is 314 g/mol. The summed E-state index contributed by atoms with van der Waals surface area (Å²) in [7, 11) is 0. The zero-order valence-electron chi connectivity index (χ0n) is 12.3. The molecule has 1 atom stereocenters. The Balaban J connectivity index is 1.94. The van der Waals surface area contributed by atoms with Crippen molar-refractivity contribution in [1.29, 1.82) is 0 Å². The number of benzene rings is 1.